The van der Waals surface area contributed by atoms with Crippen molar-refractivity contribution < 1.29 is 4.79 Å². The molecule has 0 bridgehead atoms. The maximum atomic E-state index is 12.4. The van der Waals surface area contributed by atoms with Gasteiger partial charge in [-0.2, -0.15) is 0 Å². The van der Waals surface area contributed by atoms with E-state index in [2.05, 4.69) is 40.2 Å². The predicted molar refractivity (Wildman–Crippen MR) is 104 cm³/mol. The lowest BCUT2D eigenvalue weighted by molar-refractivity contribution is -0.138. The Morgan fingerprint density at radius 2 is 1.88 bits per heavy atom. The molecule has 1 aromatic carbocycles. The zero-order valence-corrected chi connectivity index (χ0v) is 15.8. The monoisotopic (exact) mass is 339 g/mol. The van der Waals surface area contributed by atoms with Gasteiger partial charge in [0.15, 0.2) is 0 Å². The lowest BCUT2D eigenvalue weighted by atomic mass is 9.92. The molecule has 1 aliphatic heterocycles. The Morgan fingerprint density at radius 1 is 1.20 bits per heavy atom. The second kappa shape index (κ2) is 7.03. The molecule has 1 amide bonds. The summed E-state index contributed by atoms with van der Waals surface area (Å²) in [6, 6.07) is 10.5. The summed E-state index contributed by atoms with van der Waals surface area (Å²) in [4.78, 5) is 21.3. The lowest BCUT2D eigenvalue weighted by Crippen LogP contribution is -2.43. The highest BCUT2D eigenvalue weighted by Gasteiger charge is 2.28. The van der Waals surface area contributed by atoms with Gasteiger partial charge in [-0.15, -0.1) is 0 Å². The average molecular weight is 339 g/mol. The molecule has 0 radical (unpaired) electrons. The van der Waals surface area contributed by atoms with Gasteiger partial charge in [-0.1, -0.05) is 45.0 Å². The van der Waals surface area contributed by atoms with E-state index in [1.54, 1.807) is 0 Å². The fraction of sp³-hybridized carbons (Fsp3) is 0.524. The zero-order valence-electron chi connectivity index (χ0n) is 15.8. The highest BCUT2D eigenvalue weighted by atomic mass is 16.2. The molecule has 4 nitrogen and oxygen atoms in total. The number of anilines is 1. The van der Waals surface area contributed by atoms with Crippen molar-refractivity contribution in [1.29, 1.82) is 0 Å². The molecule has 0 atom stereocenters. The number of benzene rings is 1. The van der Waals surface area contributed by atoms with Crippen molar-refractivity contribution in [3.8, 4) is 0 Å². The zero-order chi connectivity index (χ0) is 18.0. The maximum Gasteiger partial charge on any atom is 0.227 e. The van der Waals surface area contributed by atoms with E-state index < -0.39 is 0 Å². The number of pyridine rings is 1. The van der Waals surface area contributed by atoms with Crippen molar-refractivity contribution in [3.63, 3.8) is 0 Å². The molecule has 0 spiro atoms. The summed E-state index contributed by atoms with van der Waals surface area (Å²) in [5.74, 6) is 1.89. The van der Waals surface area contributed by atoms with Gasteiger partial charge in [0, 0.05) is 43.7 Å². The van der Waals surface area contributed by atoms with E-state index in [0.717, 1.165) is 38.3 Å². The summed E-state index contributed by atoms with van der Waals surface area (Å²) in [6.45, 7) is 8.82. The molecule has 25 heavy (non-hydrogen) atoms. The first-order valence-electron chi connectivity index (χ1n) is 9.20. The Kier molecular flexibility index (Phi) is 4.98. The van der Waals surface area contributed by atoms with E-state index in [4.69, 9.17) is 0 Å². The molecule has 134 valence electrons. The number of hydrogen-bond acceptors (Lipinski definition) is 3. The summed E-state index contributed by atoms with van der Waals surface area (Å²) in [6.07, 6.45) is 4.11. The number of piperidine rings is 1. The smallest absolute Gasteiger partial charge is 0.227 e. The van der Waals surface area contributed by atoms with E-state index >= 15 is 0 Å². The normalized spacial score (nSPS) is 16.2. The van der Waals surface area contributed by atoms with E-state index in [0.29, 0.717) is 5.92 Å². The van der Waals surface area contributed by atoms with Crippen molar-refractivity contribution >= 4 is 22.5 Å². The summed E-state index contributed by atoms with van der Waals surface area (Å²) in [5, 5.41) is 2.47. The van der Waals surface area contributed by atoms with Gasteiger partial charge in [-0.25, -0.2) is 4.98 Å². The summed E-state index contributed by atoms with van der Waals surface area (Å²) < 4.78 is 0. The number of hydrogen-bond donors (Lipinski definition) is 0. The number of carbonyl (C=O) groups excluding carboxylic acids is 1. The molecule has 0 saturated carbocycles. The second-order valence-corrected chi connectivity index (χ2v) is 8.22. The molecule has 2 aromatic rings. The first-order chi connectivity index (χ1) is 11.9. The Balaban J connectivity index is 1.63. The molecule has 0 unspecified atom stereocenters. The highest BCUT2D eigenvalue weighted by Crippen LogP contribution is 2.29. The average Bonchev–Trinajstić information content (AvgIpc) is 2.60. The van der Waals surface area contributed by atoms with Crippen LogP contribution in [0.25, 0.3) is 10.8 Å². The van der Waals surface area contributed by atoms with E-state index in [9.17, 15) is 4.79 Å². The third-order valence-electron chi connectivity index (χ3n) is 5.09. The van der Waals surface area contributed by atoms with Gasteiger partial charge in [0.1, 0.15) is 5.82 Å². The van der Waals surface area contributed by atoms with Gasteiger partial charge in [0.2, 0.25) is 5.91 Å². The van der Waals surface area contributed by atoms with Crippen molar-refractivity contribution in [2.75, 3.05) is 31.6 Å². The number of nitrogens with zero attached hydrogens (tertiary/aromatic N) is 3. The van der Waals surface area contributed by atoms with Crippen LogP contribution in [0.2, 0.25) is 0 Å². The maximum absolute atomic E-state index is 12.4. The Hall–Kier alpha value is -2.10. The molecule has 2 heterocycles. The molecule has 4 heteroatoms. The topological polar surface area (TPSA) is 36.4 Å². The van der Waals surface area contributed by atoms with Crippen molar-refractivity contribution in [3.05, 3.63) is 36.5 Å². The van der Waals surface area contributed by atoms with Gasteiger partial charge in [0.05, 0.1) is 0 Å². The summed E-state index contributed by atoms with van der Waals surface area (Å²) >= 11 is 0. The minimum absolute atomic E-state index is 0.227. The van der Waals surface area contributed by atoms with Gasteiger partial charge in [0.25, 0.3) is 0 Å². The van der Waals surface area contributed by atoms with Crippen LogP contribution in [-0.4, -0.2) is 42.5 Å². The number of carbonyl (C=O) groups is 1. The van der Waals surface area contributed by atoms with Crippen molar-refractivity contribution in [2.24, 2.45) is 11.3 Å². The van der Waals surface area contributed by atoms with E-state index in [-0.39, 0.29) is 11.3 Å². The predicted octanol–water partition coefficient (Wildman–Crippen LogP) is 3.96. The Labute approximate surface area is 150 Å². The Bertz CT molecular complexity index is 737. The van der Waals surface area contributed by atoms with Crippen LogP contribution >= 0.6 is 0 Å². The number of rotatable bonds is 3. The minimum Gasteiger partial charge on any atom is -0.356 e. The fourth-order valence-corrected chi connectivity index (χ4v) is 3.73. The molecule has 1 saturated heterocycles. The van der Waals surface area contributed by atoms with Gasteiger partial charge in [-0.3, -0.25) is 4.79 Å². The van der Waals surface area contributed by atoms with Crippen LogP contribution in [0, 0.1) is 11.3 Å². The first-order valence-corrected chi connectivity index (χ1v) is 9.20. The molecule has 1 aliphatic rings. The van der Waals surface area contributed by atoms with Crippen LogP contribution in [0.1, 0.15) is 33.6 Å². The molecule has 1 aromatic heterocycles. The lowest BCUT2D eigenvalue weighted by Gasteiger charge is -2.36. The molecule has 0 aliphatic carbocycles. The Morgan fingerprint density at radius 3 is 2.56 bits per heavy atom. The summed E-state index contributed by atoms with van der Waals surface area (Å²) in [7, 11) is 1.94. The molecular weight excluding hydrogens is 310 g/mol. The summed E-state index contributed by atoms with van der Waals surface area (Å²) in [5.41, 5.74) is -0.303. The molecule has 3 rings (SSSR count). The van der Waals surface area contributed by atoms with Crippen LogP contribution in [0.5, 0.6) is 0 Å². The number of fused-ring (bicyclic) bond motifs is 1. The van der Waals surface area contributed by atoms with Crippen molar-refractivity contribution in [2.45, 2.75) is 33.6 Å². The number of amides is 1. The third-order valence-corrected chi connectivity index (χ3v) is 5.09. The highest BCUT2D eigenvalue weighted by molar-refractivity contribution is 5.92. The van der Waals surface area contributed by atoms with Crippen LogP contribution in [0.4, 0.5) is 5.82 Å². The number of aromatic nitrogens is 1. The largest absolute Gasteiger partial charge is 0.356 e. The van der Waals surface area contributed by atoms with Crippen molar-refractivity contribution in [1.82, 2.24) is 9.88 Å². The SMILES string of the molecule is CN(CC1CCN(c2nccc3ccccc23)CC1)C(=O)C(C)(C)C. The van der Waals surface area contributed by atoms with Crippen LogP contribution < -0.4 is 4.90 Å². The van der Waals surface area contributed by atoms with Crippen LogP contribution in [0.3, 0.4) is 0 Å². The van der Waals surface area contributed by atoms with Gasteiger partial charge < -0.3 is 9.80 Å². The van der Waals surface area contributed by atoms with E-state index in [1.165, 1.54) is 10.8 Å². The van der Waals surface area contributed by atoms with E-state index in [1.807, 2.05) is 38.9 Å². The standard InChI is InChI=1S/C21H29N3O/c1-21(2,3)20(25)23(4)15-16-10-13-24(14-11-16)19-18-8-6-5-7-17(18)9-12-22-19/h5-9,12,16H,10-11,13-15H2,1-4H3. The van der Waals surface area contributed by atoms with Gasteiger partial charge >= 0.3 is 0 Å². The molecule has 1 fully saturated rings. The molecular formula is C21H29N3O. The second-order valence-electron chi connectivity index (χ2n) is 8.22. The fourth-order valence-electron chi connectivity index (χ4n) is 3.73. The quantitative estimate of drug-likeness (QED) is 0.849. The van der Waals surface area contributed by atoms with Gasteiger partial charge in [-0.05, 0) is 30.2 Å². The molecule has 0 N–H and O–H groups in total. The van der Waals surface area contributed by atoms with Crippen LogP contribution in [0.15, 0.2) is 36.5 Å². The third kappa shape index (κ3) is 3.94. The minimum atomic E-state index is -0.303. The first kappa shape index (κ1) is 17.7. The van der Waals surface area contributed by atoms with Crippen LogP contribution in [-0.2, 0) is 4.79 Å².